The number of nitrogens with zero attached hydrogens (tertiary/aromatic N) is 3. The number of para-hydroxylation sites is 1. The summed E-state index contributed by atoms with van der Waals surface area (Å²) in [5.41, 5.74) is 3.56. The Morgan fingerprint density at radius 3 is 2.63 bits per heavy atom. The predicted octanol–water partition coefficient (Wildman–Crippen LogP) is 3.82. The van der Waals surface area contributed by atoms with Crippen LogP contribution >= 0.6 is 0 Å². The number of hydrogen-bond acceptors (Lipinski definition) is 1. The summed E-state index contributed by atoms with van der Waals surface area (Å²) in [6, 6.07) is 8.44. The smallest absolute Gasteiger partial charge is 0.120 e. The maximum atomic E-state index is 4.67. The Labute approximate surface area is 114 Å². The molecule has 2 rings (SSSR count). The van der Waals surface area contributed by atoms with Gasteiger partial charge in [0, 0.05) is 36.3 Å². The third-order valence-corrected chi connectivity index (χ3v) is 3.23. The number of benzene rings is 1. The maximum absolute atomic E-state index is 4.67. The summed E-state index contributed by atoms with van der Waals surface area (Å²) >= 11 is 0. The second-order valence-electron chi connectivity index (χ2n) is 4.60. The third-order valence-electron chi connectivity index (χ3n) is 3.23. The lowest BCUT2D eigenvalue weighted by Gasteiger charge is -2.02. The minimum atomic E-state index is 0.780. The van der Waals surface area contributed by atoms with Crippen LogP contribution in [0.5, 0.6) is 0 Å². The number of aromatic nitrogens is 1. The Morgan fingerprint density at radius 1 is 1.21 bits per heavy atom. The molecule has 0 bridgehead atoms. The zero-order valence-corrected chi connectivity index (χ0v) is 12.1. The fraction of sp³-hybridized carbons (Fsp3) is 0.375. The topological polar surface area (TPSA) is 29.6 Å². The van der Waals surface area contributed by atoms with Gasteiger partial charge >= 0.3 is 0 Å². The van der Waals surface area contributed by atoms with Crippen LogP contribution in [0.15, 0.2) is 40.4 Å². The highest BCUT2D eigenvalue weighted by atomic mass is 14.9. The molecule has 0 aliphatic rings. The lowest BCUT2D eigenvalue weighted by molar-refractivity contribution is 0.967. The fourth-order valence-electron chi connectivity index (χ4n) is 2.36. The van der Waals surface area contributed by atoms with Gasteiger partial charge < -0.3 is 4.57 Å². The van der Waals surface area contributed by atoms with Crippen molar-refractivity contribution in [1.82, 2.24) is 4.57 Å². The average Bonchev–Trinajstić information content (AvgIpc) is 2.74. The molecule has 0 unspecified atom stereocenters. The second kappa shape index (κ2) is 5.83. The molecule has 2 aromatic rings. The molecule has 0 saturated heterocycles. The molecular weight excluding hydrogens is 234 g/mol. The van der Waals surface area contributed by atoms with Crippen molar-refractivity contribution in [3.8, 4) is 0 Å². The molecule has 1 heterocycles. The van der Waals surface area contributed by atoms with E-state index in [4.69, 9.17) is 0 Å². The van der Waals surface area contributed by atoms with Crippen molar-refractivity contribution in [2.75, 3.05) is 6.54 Å². The van der Waals surface area contributed by atoms with Crippen LogP contribution in [0.1, 0.15) is 32.8 Å². The summed E-state index contributed by atoms with van der Waals surface area (Å²) in [7, 11) is 2.08. The first-order valence-electron chi connectivity index (χ1n) is 6.80. The first-order valence-corrected chi connectivity index (χ1v) is 6.80. The quantitative estimate of drug-likeness (QED) is 0.589. The van der Waals surface area contributed by atoms with Crippen LogP contribution in [0, 0.1) is 0 Å². The normalized spacial score (nSPS) is 13.3. The van der Waals surface area contributed by atoms with Gasteiger partial charge in [-0.1, -0.05) is 25.1 Å². The first-order chi connectivity index (χ1) is 9.17. The monoisotopic (exact) mass is 255 g/mol. The summed E-state index contributed by atoms with van der Waals surface area (Å²) in [5, 5.41) is 1.26. The standard InChI is InChI=1S/C16H21N3/c1-5-15(18-12(3)17-6-2)14-11-19(4)16-10-8-7-9-13(14)16/h7-11H,5-6H2,1-4H3. The van der Waals surface area contributed by atoms with E-state index < -0.39 is 0 Å². The molecule has 0 N–H and O–H groups in total. The number of amidine groups is 1. The second-order valence-corrected chi connectivity index (χ2v) is 4.60. The summed E-state index contributed by atoms with van der Waals surface area (Å²) in [5.74, 6) is 0.854. The molecule has 100 valence electrons. The van der Waals surface area contributed by atoms with Gasteiger partial charge in [-0.3, -0.25) is 4.99 Å². The zero-order chi connectivity index (χ0) is 13.8. The van der Waals surface area contributed by atoms with Crippen molar-refractivity contribution in [2.24, 2.45) is 17.0 Å². The van der Waals surface area contributed by atoms with Crippen molar-refractivity contribution < 1.29 is 0 Å². The lowest BCUT2D eigenvalue weighted by Crippen LogP contribution is -2.02. The summed E-state index contributed by atoms with van der Waals surface area (Å²) in [6.45, 7) is 6.91. The molecule has 3 nitrogen and oxygen atoms in total. The molecule has 0 fully saturated rings. The molecule has 0 radical (unpaired) electrons. The van der Waals surface area contributed by atoms with Gasteiger partial charge in [0.2, 0.25) is 0 Å². The van der Waals surface area contributed by atoms with E-state index in [0.717, 1.165) is 24.5 Å². The molecule has 0 atom stereocenters. The number of rotatable bonds is 3. The number of aryl methyl sites for hydroxylation is 1. The van der Waals surface area contributed by atoms with Gasteiger partial charge in [-0.05, 0) is 26.3 Å². The minimum absolute atomic E-state index is 0.780. The highest BCUT2D eigenvalue weighted by Crippen LogP contribution is 2.22. The molecule has 1 aromatic carbocycles. The zero-order valence-electron chi connectivity index (χ0n) is 12.1. The van der Waals surface area contributed by atoms with Crippen LogP contribution in [0.4, 0.5) is 0 Å². The van der Waals surface area contributed by atoms with Gasteiger partial charge in [0.1, 0.15) is 5.84 Å². The first kappa shape index (κ1) is 13.5. The highest BCUT2D eigenvalue weighted by molar-refractivity contribution is 6.14. The van der Waals surface area contributed by atoms with Crippen molar-refractivity contribution in [1.29, 1.82) is 0 Å². The van der Waals surface area contributed by atoms with E-state index in [9.17, 15) is 0 Å². The summed E-state index contributed by atoms with van der Waals surface area (Å²) in [4.78, 5) is 9.02. The van der Waals surface area contributed by atoms with E-state index in [1.54, 1.807) is 0 Å². The summed E-state index contributed by atoms with van der Waals surface area (Å²) < 4.78 is 2.15. The molecule has 19 heavy (non-hydrogen) atoms. The van der Waals surface area contributed by atoms with Crippen molar-refractivity contribution in [3.05, 3.63) is 36.0 Å². The lowest BCUT2D eigenvalue weighted by atomic mass is 10.1. The van der Waals surface area contributed by atoms with Gasteiger partial charge in [-0.15, -0.1) is 0 Å². The largest absolute Gasteiger partial charge is 0.350 e. The number of hydrogen-bond donors (Lipinski definition) is 0. The maximum Gasteiger partial charge on any atom is 0.120 e. The van der Waals surface area contributed by atoms with Crippen LogP contribution in [0.3, 0.4) is 0 Å². The molecule has 0 amide bonds. The van der Waals surface area contributed by atoms with Crippen LogP contribution in [-0.4, -0.2) is 22.7 Å². The number of aliphatic imine (C=N–C) groups is 2. The van der Waals surface area contributed by atoms with Crippen LogP contribution in [-0.2, 0) is 7.05 Å². The highest BCUT2D eigenvalue weighted by Gasteiger charge is 2.10. The van der Waals surface area contributed by atoms with Gasteiger partial charge in [-0.25, -0.2) is 4.99 Å². The Balaban J connectivity index is 2.56. The third kappa shape index (κ3) is 2.75. The van der Waals surface area contributed by atoms with Crippen LogP contribution < -0.4 is 0 Å². The molecule has 1 aromatic heterocycles. The van der Waals surface area contributed by atoms with Gasteiger partial charge in [0.15, 0.2) is 0 Å². The Kier molecular flexibility index (Phi) is 4.15. The van der Waals surface area contributed by atoms with E-state index in [0.29, 0.717) is 0 Å². The number of fused-ring (bicyclic) bond motifs is 1. The van der Waals surface area contributed by atoms with E-state index in [1.807, 2.05) is 13.8 Å². The molecule has 0 spiro atoms. The van der Waals surface area contributed by atoms with E-state index >= 15 is 0 Å². The minimum Gasteiger partial charge on any atom is -0.350 e. The van der Waals surface area contributed by atoms with E-state index in [2.05, 4.69) is 59.0 Å². The van der Waals surface area contributed by atoms with E-state index in [-0.39, 0.29) is 0 Å². The van der Waals surface area contributed by atoms with Crippen molar-refractivity contribution in [2.45, 2.75) is 27.2 Å². The SMILES string of the molecule is CCN=C(C)N=C(CC)c1cn(C)c2ccccc12. The van der Waals surface area contributed by atoms with E-state index in [1.165, 1.54) is 16.5 Å². The predicted molar refractivity (Wildman–Crippen MR) is 83.4 cm³/mol. The van der Waals surface area contributed by atoms with Gasteiger partial charge in [0.25, 0.3) is 0 Å². The Hall–Kier alpha value is -1.90. The summed E-state index contributed by atoms with van der Waals surface area (Å²) in [6.07, 6.45) is 3.07. The van der Waals surface area contributed by atoms with Crippen LogP contribution in [0.2, 0.25) is 0 Å². The van der Waals surface area contributed by atoms with Crippen LogP contribution in [0.25, 0.3) is 10.9 Å². The molecule has 0 aliphatic carbocycles. The Morgan fingerprint density at radius 2 is 1.95 bits per heavy atom. The molecule has 0 aliphatic heterocycles. The molecule has 3 heteroatoms. The average molecular weight is 255 g/mol. The van der Waals surface area contributed by atoms with Gasteiger partial charge in [0.05, 0.1) is 5.71 Å². The Bertz CT molecular complexity index is 632. The molecule has 0 saturated carbocycles. The van der Waals surface area contributed by atoms with Crippen molar-refractivity contribution >= 4 is 22.5 Å². The fourth-order valence-corrected chi connectivity index (χ4v) is 2.36. The van der Waals surface area contributed by atoms with Gasteiger partial charge in [-0.2, -0.15) is 0 Å². The molecular formula is C16H21N3. The van der Waals surface area contributed by atoms with Crippen molar-refractivity contribution in [3.63, 3.8) is 0 Å².